The Kier molecular flexibility index (Phi) is 4.87. The third-order valence-corrected chi connectivity index (χ3v) is 3.61. The van der Waals surface area contributed by atoms with Crippen LogP contribution in [0.4, 0.5) is 4.79 Å². The van der Waals surface area contributed by atoms with Crippen LogP contribution in [-0.2, 0) is 19.2 Å². The highest BCUT2D eigenvalue weighted by Gasteiger charge is 2.55. The summed E-state index contributed by atoms with van der Waals surface area (Å²) in [5, 5.41) is 8.88. The van der Waals surface area contributed by atoms with Crippen molar-refractivity contribution in [3.05, 3.63) is 35.9 Å². The summed E-state index contributed by atoms with van der Waals surface area (Å²) in [7, 11) is 0. The fourth-order valence-electron chi connectivity index (χ4n) is 2.72. The van der Waals surface area contributed by atoms with E-state index in [9.17, 15) is 9.59 Å². The Morgan fingerprint density at radius 1 is 1.21 bits per heavy atom. The lowest BCUT2D eigenvalue weighted by Gasteiger charge is -2.33. The molecule has 2 rings (SSSR count). The van der Waals surface area contributed by atoms with Gasteiger partial charge in [-0.25, -0.2) is 9.59 Å². The maximum absolute atomic E-state index is 12.6. The summed E-state index contributed by atoms with van der Waals surface area (Å²) in [6, 6.07) is 7.80. The van der Waals surface area contributed by atoms with E-state index < -0.39 is 35.5 Å². The summed E-state index contributed by atoms with van der Waals surface area (Å²) in [6.45, 7) is 8.48. The Bertz CT molecular complexity index is 607. The fraction of sp³-hybridized carbons (Fsp3) is 0.529. The molecule has 1 heterocycles. The number of hydrogen-bond donors (Lipinski definition) is 1. The summed E-state index contributed by atoms with van der Waals surface area (Å²) in [5.74, 6) is -0.986. The largest absolute Gasteiger partial charge is 0.444 e. The van der Waals surface area contributed by atoms with Gasteiger partial charge in [0.15, 0.2) is 6.04 Å². The molecule has 1 saturated heterocycles. The fourth-order valence-corrected chi connectivity index (χ4v) is 2.72. The minimum absolute atomic E-state index is 0.687. The number of benzene rings is 1. The van der Waals surface area contributed by atoms with E-state index in [2.05, 4.69) is 4.89 Å². The lowest BCUT2D eigenvalue weighted by molar-refractivity contribution is -0.239. The van der Waals surface area contributed by atoms with Crippen molar-refractivity contribution in [2.75, 3.05) is 0 Å². The van der Waals surface area contributed by atoms with Gasteiger partial charge in [-0.1, -0.05) is 30.3 Å². The van der Waals surface area contributed by atoms with Gasteiger partial charge < -0.3 is 9.47 Å². The van der Waals surface area contributed by atoms with Gasteiger partial charge in [0.2, 0.25) is 0 Å². The van der Waals surface area contributed by atoms with Crippen molar-refractivity contribution in [3.63, 3.8) is 0 Å². The maximum Gasteiger partial charge on any atom is 0.413 e. The summed E-state index contributed by atoms with van der Waals surface area (Å²) in [6.07, 6.45) is -1.50. The van der Waals surface area contributed by atoms with Gasteiger partial charge in [0.1, 0.15) is 17.4 Å². The average molecular weight is 337 g/mol. The molecule has 1 aromatic rings. The monoisotopic (exact) mass is 337 g/mol. The zero-order valence-corrected chi connectivity index (χ0v) is 14.5. The van der Waals surface area contributed by atoms with E-state index in [0.717, 1.165) is 4.90 Å². The third kappa shape index (κ3) is 3.68. The van der Waals surface area contributed by atoms with Crippen molar-refractivity contribution in [1.82, 2.24) is 4.90 Å². The third-order valence-electron chi connectivity index (χ3n) is 3.61. The first-order valence-corrected chi connectivity index (χ1v) is 7.67. The van der Waals surface area contributed by atoms with Gasteiger partial charge in [0.25, 0.3) is 0 Å². The minimum atomic E-state index is -1.16. The van der Waals surface area contributed by atoms with E-state index >= 15 is 0 Å². The number of hydrogen-bond acceptors (Lipinski definition) is 6. The van der Waals surface area contributed by atoms with Crippen LogP contribution in [0.3, 0.4) is 0 Å². The highest BCUT2D eigenvalue weighted by Crippen LogP contribution is 2.42. The predicted molar refractivity (Wildman–Crippen MR) is 84.9 cm³/mol. The number of nitrogens with zero attached hydrogens (tertiary/aromatic N) is 1. The standard InChI is InChI=1S/C17H23NO6/c1-16(2,3)23-15(20)18-12(14(19)24-21)13(22-17(18,4)5)11-9-7-6-8-10-11/h6-10,12-13,21H,1-5H3/t12-,13+/m0/s1. The molecule has 1 aliphatic heterocycles. The molecule has 1 aromatic carbocycles. The Labute approximate surface area is 141 Å². The van der Waals surface area contributed by atoms with Crippen molar-refractivity contribution in [2.45, 2.75) is 58.1 Å². The summed E-state index contributed by atoms with van der Waals surface area (Å²) < 4.78 is 11.3. The van der Waals surface area contributed by atoms with Crippen LogP contribution in [0.5, 0.6) is 0 Å². The molecule has 0 aromatic heterocycles. The molecule has 24 heavy (non-hydrogen) atoms. The first-order chi connectivity index (χ1) is 11.1. The predicted octanol–water partition coefficient (Wildman–Crippen LogP) is 3.12. The van der Waals surface area contributed by atoms with Crippen LogP contribution in [0.25, 0.3) is 0 Å². The van der Waals surface area contributed by atoms with Crippen LogP contribution < -0.4 is 0 Å². The Hall–Kier alpha value is -2.12. The molecule has 132 valence electrons. The van der Waals surface area contributed by atoms with Gasteiger partial charge in [-0.3, -0.25) is 9.79 Å². The normalized spacial score (nSPS) is 23.0. The Morgan fingerprint density at radius 2 is 1.79 bits per heavy atom. The molecule has 0 radical (unpaired) electrons. The maximum atomic E-state index is 12.6. The molecule has 2 atom stereocenters. The highest BCUT2D eigenvalue weighted by molar-refractivity contribution is 5.83. The average Bonchev–Trinajstić information content (AvgIpc) is 2.77. The van der Waals surface area contributed by atoms with Gasteiger partial charge in [-0.2, -0.15) is 5.26 Å². The van der Waals surface area contributed by atoms with E-state index in [4.69, 9.17) is 14.7 Å². The number of carbonyl (C=O) groups is 2. The number of rotatable bonds is 2. The SMILES string of the molecule is CC(C)(C)OC(=O)N1[C@H](C(=O)OO)[C@@H](c2ccccc2)OC1(C)C. The second kappa shape index (κ2) is 6.41. The molecule has 7 heteroatoms. The topological polar surface area (TPSA) is 85.3 Å². The molecule has 1 fully saturated rings. The van der Waals surface area contributed by atoms with Crippen molar-refractivity contribution < 1.29 is 29.2 Å². The van der Waals surface area contributed by atoms with E-state index in [1.165, 1.54) is 0 Å². The summed E-state index contributed by atoms with van der Waals surface area (Å²) >= 11 is 0. The van der Waals surface area contributed by atoms with E-state index in [1.807, 2.05) is 6.07 Å². The molecule has 1 N–H and O–H groups in total. The molecule has 0 spiro atoms. The second-order valence-electron chi connectivity index (χ2n) is 7.10. The van der Waals surface area contributed by atoms with Crippen LogP contribution >= 0.6 is 0 Å². The number of carbonyl (C=O) groups excluding carboxylic acids is 2. The molecule has 0 unspecified atom stereocenters. The zero-order valence-electron chi connectivity index (χ0n) is 14.5. The van der Waals surface area contributed by atoms with Gasteiger partial charge in [-0.15, -0.1) is 0 Å². The van der Waals surface area contributed by atoms with E-state index in [1.54, 1.807) is 58.9 Å². The molecule has 0 bridgehead atoms. The van der Waals surface area contributed by atoms with Crippen LogP contribution in [0.2, 0.25) is 0 Å². The second-order valence-corrected chi connectivity index (χ2v) is 7.10. The first kappa shape index (κ1) is 18.2. The lowest BCUT2D eigenvalue weighted by atomic mass is 10.0. The number of ether oxygens (including phenoxy) is 2. The quantitative estimate of drug-likeness (QED) is 0.659. The van der Waals surface area contributed by atoms with E-state index in [-0.39, 0.29) is 0 Å². The molecular formula is C17H23NO6. The zero-order chi connectivity index (χ0) is 18.1. The van der Waals surface area contributed by atoms with Gasteiger partial charge in [0.05, 0.1) is 0 Å². The minimum Gasteiger partial charge on any atom is -0.444 e. The van der Waals surface area contributed by atoms with Crippen LogP contribution in [0, 0.1) is 0 Å². The molecule has 7 nitrogen and oxygen atoms in total. The summed E-state index contributed by atoms with van der Waals surface area (Å²) in [5.41, 5.74) is -1.18. The molecule has 0 aliphatic carbocycles. The van der Waals surface area contributed by atoms with Crippen LogP contribution in [0.1, 0.15) is 46.3 Å². The van der Waals surface area contributed by atoms with Gasteiger partial charge in [-0.05, 0) is 40.2 Å². The molecule has 1 aliphatic rings. The van der Waals surface area contributed by atoms with Crippen molar-refractivity contribution in [3.8, 4) is 0 Å². The van der Waals surface area contributed by atoms with Crippen molar-refractivity contribution in [1.29, 1.82) is 0 Å². The summed E-state index contributed by atoms with van der Waals surface area (Å²) in [4.78, 5) is 29.9. The number of amides is 1. The molecule has 1 amide bonds. The van der Waals surface area contributed by atoms with Crippen LogP contribution in [0.15, 0.2) is 30.3 Å². The first-order valence-electron chi connectivity index (χ1n) is 7.67. The van der Waals surface area contributed by atoms with Gasteiger partial charge in [0, 0.05) is 0 Å². The lowest BCUT2D eigenvalue weighted by Crippen LogP contribution is -2.52. The molecule has 0 saturated carbocycles. The highest BCUT2D eigenvalue weighted by atomic mass is 17.1. The Morgan fingerprint density at radius 3 is 2.29 bits per heavy atom. The smallest absolute Gasteiger partial charge is 0.413 e. The Balaban J connectivity index is 2.43. The van der Waals surface area contributed by atoms with Crippen molar-refractivity contribution in [2.24, 2.45) is 0 Å². The van der Waals surface area contributed by atoms with Gasteiger partial charge >= 0.3 is 12.1 Å². The molecular weight excluding hydrogens is 314 g/mol. The van der Waals surface area contributed by atoms with E-state index in [0.29, 0.717) is 5.56 Å². The van der Waals surface area contributed by atoms with Crippen LogP contribution in [-0.4, -0.2) is 39.6 Å². The van der Waals surface area contributed by atoms with Crippen molar-refractivity contribution >= 4 is 12.1 Å².